The van der Waals surface area contributed by atoms with Crippen LogP contribution in [0, 0.1) is 0 Å². The highest BCUT2D eigenvalue weighted by molar-refractivity contribution is 7.14. The van der Waals surface area contributed by atoms with E-state index in [1.165, 1.54) is 16.7 Å². The fraction of sp³-hybridized carbons (Fsp3) is 0.190. The van der Waals surface area contributed by atoms with Crippen molar-refractivity contribution in [2.45, 2.75) is 26.2 Å². The summed E-state index contributed by atoms with van der Waals surface area (Å²) in [6, 6.07) is 14.4. The Labute approximate surface area is 165 Å². The molecule has 0 spiro atoms. The standard InChI is InChI=1S/C21H19N3OS2/c1-13(2)20-22-15(11-26-20)10-19(25)24-21-23-18(12-27-21)17-9-5-7-14-6-3-4-8-16(14)17/h3-9,11-13H,10H2,1-2H3,(H,23,24,25). The average Bonchev–Trinajstić information content (AvgIpc) is 3.31. The summed E-state index contributed by atoms with van der Waals surface area (Å²) in [6.07, 6.45) is 0.270. The largest absolute Gasteiger partial charge is 0.302 e. The summed E-state index contributed by atoms with van der Waals surface area (Å²) >= 11 is 3.05. The Morgan fingerprint density at radius 1 is 1.04 bits per heavy atom. The van der Waals surface area contributed by atoms with Crippen LogP contribution in [0.4, 0.5) is 5.13 Å². The molecule has 2 aromatic heterocycles. The van der Waals surface area contributed by atoms with E-state index >= 15 is 0 Å². The number of fused-ring (bicyclic) bond motifs is 1. The topological polar surface area (TPSA) is 54.9 Å². The van der Waals surface area contributed by atoms with E-state index in [-0.39, 0.29) is 12.3 Å². The van der Waals surface area contributed by atoms with Crippen LogP contribution in [0.2, 0.25) is 0 Å². The lowest BCUT2D eigenvalue weighted by atomic mass is 10.0. The summed E-state index contributed by atoms with van der Waals surface area (Å²) in [4.78, 5) is 21.5. The minimum atomic E-state index is -0.0885. The number of anilines is 1. The zero-order chi connectivity index (χ0) is 18.8. The zero-order valence-electron chi connectivity index (χ0n) is 15.1. The SMILES string of the molecule is CC(C)c1nc(CC(=O)Nc2nc(-c3cccc4ccccc34)cs2)cs1. The second-order valence-corrected chi connectivity index (χ2v) is 8.37. The molecule has 4 aromatic rings. The number of carbonyl (C=O) groups excluding carboxylic acids is 1. The number of hydrogen-bond acceptors (Lipinski definition) is 5. The number of aromatic nitrogens is 2. The predicted molar refractivity (Wildman–Crippen MR) is 114 cm³/mol. The van der Waals surface area contributed by atoms with E-state index in [0.29, 0.717) is 11.0 Å². The van der Waals surface area contributed by atoms with Gasteiger partial charge in [-0.05, 0) is 10.8 Å². The van der Waals surface area contributed by atoms with Gasteiger partial charge in [-0.25, -0.2) is 9.97 Å². The maximum Gasteiger partial charge on any atom is 0.232 e. The lowest BCUT2D eigenvalue weighted by molar-refractivity contribution is -0.115. The number of carbonyl (C=O) groups is 1. The molecule has 1 amide bonds. The normalized spacial score (nSPS) is 11.2. The zero-order valence-corrected chi connectivity index (χ0v) is 16.7. The molecule has 0 saturated heterocycles. The van der Waals surface area contributed by atoms with Crippen molar-refractivity contribution >= 4 is 44.5 Å². The van der Waals surface area contributed by atoms with Crippen LogP contribution < -0.4 is 5.32 Å². The van der Waals surface area contributed by atoms with Gasteiger partial charge >= 0.3 is 0 Å². The molecule has 2 aromatic carbocycles. The van der Waals surface area contributed by atoms with Crippen LogP contribution in [0.15, 0.2) is 53.2 Å². The second kappa shape index (κ2) is 7.58. The van der Waals surface area contributed by atoms with E-state index in [2.05, 4.69) is 53.4 Å². The molecule has 0 atom stereocenters. The first-order valence-electron chi connectivity index (χ1n) is 8.78. The number of benzene rings is 2. The van der Waals surface area contributed by atoms with Crippen LogP contribution in [-0.4, -0.2) is 15.9 Å². The third-order valence-electron chi connectivity index (χ3n) is 4.22. The molecule has 6 heteroatoms. The quantitative estimate of drug-likeness (QED) is 0.471. The number of nitrogens with zero attached hydrogens (tertiary/aromatic N) is 2. The van der Waals surface area contributed by atoms with Gasteiger partial charge in [-0.1, -0.05) is 56.3 Å². The summed E-state index contributed by atoms with van der Waals surface area (Å²) in [7, 11) is 0. The Balaban J connectivity index is 1.50. The van der Waals surface area contributed by atoms with Crippen molar-refractivity contribution in [1.82, 2.24) is 9.97 Å². The second-order valence-electron chi connectivity index (χ2n) is 6.62. The molecule has 4 rings (SSSR count). The Hall–Kier alpha value is -2.57. The molecule has 0 aliphatic carbocycles. The van der Waals surface area contributed by atoms with Crippen molar-refractivity contribution in [1.29, 1.82) is 0 Å². The average molecular weight is 394 g/mol. The monoisotopic (exact) mass is 393 g/mol. The maximum atomic E-state index is 12.3. The highest BCUT2D eigenvalue weighted by atomic mass is 32.1. The molecule has 0 fully saturated rings. The van der Waals surface area contributed by atoms with E-state index in [9.17, 15) is 4.79 Å². The van der Waals surface area contributed by atoms with Crippen molar-refractivity contribution < 1.29 is 4.79 Å². The van der Waals surface area contributed by atoms with Gasteiger partial charge in [0, 0.05) is 22.2 Å². The fourth-order valence-corrected chi connectivity index (χ4v) is 4.46. The third-order valence-corrected chi connectivity index (χ3v) is 6.17. The summed E-state index contributed by atoms with van der Waals surface area (Å²) in [6.45, 7) is 4.21. The van der Waals surface area contributed by atoms with Crippen molar-refractivity contribution in [3.05, 3.63) is 63.9 Å². The van der Waals surface area contributed by atoms with Gasteiger partial charge in [-0.15, -0.1) is 22.7 Å². The minimum absolute atomic E-state index is 0.0885. The molecule has 0 bridgehead atoms. The number of rotatable bonds is 5. The molecule has 0 aliphatic heterocycles. The lowest BCUT2D eigenvalue weighted by Gasteiger charge is -2.03. The first-order valence-corrected chi connectivity index (χ1v) is 10.5. The molecule has 0 radical (unpaired) electrons. The molecular formula is C21H19N3OS2. The van der Waals surface area contributed by atoms with Gasteiger partial charge < -0.3 is 5.32 Å². The van der Waals surface area contributed by atoms with Gasteiger partial charge in [0.2, 0.25) is 5.91 Å². The highest BCUT2D eigenvalue weighted by Gasteiger charge is 2.13. The van der Waals surface area contributed by atoms with Gasteiger partial charge in [0.1, 0.15) is 0 Å². The van der Waals surface area contributed by atoms with Crippen molar-refractivity contribution in [2.24, 2.45) is 0 Å². The van der Waals surface area contributed by atoms with Crippen LogP contribution in [-0.2, 0) is 11.2 Å². The van der Waals surface area contributed by atoms with E-state index in [4.69, 9.17) is 0 Å². The van der Waals surface area contributed by atoms with E-state index < -0.39 is 0 Å². The summed E-state index contributed by atoms with van der Waals surface area (Å²) in [5, 5.41) is 10.9. The Morgan fingerprint density at radius 3 is 2.67 bits per heavy atom. The lowest BCUT2D eigenvalue weighted by Crippen LogP contribution is -2.14. The smallest absolute Gasteiger partial charge is 0.232 e. The van der Waals surface area contributed by atoms with Crippen LogP contribution in [0.25, 0.3) is 22.0 Å². The summed E-state index contributed by atoms with van der Waals surface area (Å²) in [5.41, 5.74) is 2.76. The van der Waals surface area contributed by atoms with Gasteiger partial charge in [-0.2, -0.15) is 0 Å². The first-order chi connectivity index (χ1) is 13.1. The van der Waals surface area contributed by atoms with Gasteiger partial charge in [-0.3, -0.25) is 4.79 Å². The molecule has 0 unspecified atom stereocenters. The number of nitrogens with one attached hydrogen (secondary N) is 1. The molecular weight excluding hydrogens is 374 g/mol. The molecule has 0 saturated carbocycles. The van der Waals surface area contributed by atoms with Gasteiger partial charge in [0.25, 0.3) is 0 Å². The third kappa shape index (κ3) is 3.91. The van der Waals surface area contributed by atoms with Crippen molar-refractivity contribution in [3.8, 4) is 11.3 Å². The fourth-order valence-electron chi connectivity index (χ4n) is 2.90. The van der Waals surface area contributed by atoms with Crippen LogP contribution >= 0.6 is 22.7 Å². The minimum Gasteiger partial charge on any atom is -0.302 e. The number of amides is 1. The van der Waals surface area contributed by atoms with E-state index in [1.807, 2.05) is 29.0 Å². The molecule has 4 nitrogen and oxygen atoms in total. The first kappa shape index (κ1) is 17.8. The van der Waals surface area contributed by atoms with Gasteiger partial charge in [0.15, 0.2) is 5.13 Å². The Bertz CT molecular complexity index is 1090. The molecule has 2 heterocycles. The summed E-state index contributed by atoms with van der Waals surface area (Å²) < 4.78 is 0. The van der Waals surface area contributed by atoms with Crippen molar-refractivity contribution in [3.63, 3.8) is 0 Å². The van der Waals surface area contributed by atoms with Crippen LogP contribution in [0.1, 0.15) is 30.5 Å². The number of thiazole rings is 2. The van der Waals surface area contributed by atoms with E-state index in [0.717, 1.165) is 27.3 Å². The Kier molecular flexibility index (Phi) is 5.01. The molecule has 0 aliphatic rings. The maximum absolute atomic E-state index is 12.3. The van der Waals surface area contributed by atoms with Crippen molar-refractivity contribution in [2.75, 3.05) is 5.32 Å². The summed E-state index contributed by atoms with van der Waals surface area (Å²) in [5.74, 6) is 0.295. The highest BCUT2D eigenvalue weighted by Crippen LogP contribution is 2.31. The van der Waals surface area contributed by atoms with Gasteiger partial charge in [0.05, 0.1) is 22.8 Å². The molecule has 136 valence electrons. The van der Waals surface area contributed by atoms with E-state index in [1.54, 1.807) is 11.3 Å². The molecule has 27 heavy (non-hydrogen) atoms. The Morgan fingerprint density at radius 2 is 1.85 bits per heavy atom. The van der Waals surface area contributed by atoms with Crippen LogP contribution in [0.3, 0.4) is 0 Å². The van der Waals surface area contributed by atoms with Crippen LogP contribution in [0.5, 0.6) is 0 Å². The number of hydrogen-bond donors (Lipinski definition) is 1. The molecule has 1 N–H and O–H groups in total. The predicted octanol–water partition coefficient (Wildman–Crippen LogP) is 5.72.